The Labute approximate surface area is 241 Å². The van der Waals surface area contributed by atoms with Crippen LogP contribution in [-0.4, -0.2) is 89.5 Å². The lowest BCUT2D eigenvalue weighted by molar-refractivity contribution is -0.127. The lowest BCUT2D eigenvalue weighted by Gasteiger charge is -2.34. The van der Waals surface area contributed by atoms with Gasteiger partial charge in [0.25, 0.3) is 0 Å². The van der Waals surface area contributed by atoms with Crippen molar-refractivity contribution in [1.29, 1.82) is 0 Å². The Balaban J connectivity index is 1.38. The number of pyridine rings is 1. The Hall–Kier alpha value is -4.44. The number of amides is 1. The summed E-state index contributed by atoms with van der Waals surface area (Å²) in [7, 11) is 9.46. The lowest BCUT2D eigenvalue weighted by atomic mass is 10.1. The lowest BCUT2D eigenvalue weighted by Crippen LogP contribution is -2.47. The average Bonchev–Trinajstić information content (AvgIpc) is 3.02. The molecule has 3 aromatic rings. The maximum absolute atomic E-state index is 12.9. The summed E-state index contributed by atoms with van der Waals surface area (Å²) in [4.78, 5) is 21.7. The van der Waals surface area contributed by atoms with Crippen LogP contribution in [0.25, 0.3) is 17.3 Å². The number of hydrogen-bond donors (Lipinski definition) is 0. The van der Waals surface area contributed by atoms with E-state index in [0.29, 0.717) is 47.6 Å². The monoisotopic (exact) mass is 563 g/mol. The standard InChI is InChI=1S/C31H37N3O7/c1-36-25-16-21(17-26(37-2)30(25)40-5)7-8-29(35)34-13-11-33(12-14-34)20-22-9-10-32-24(15-22)23-18-27(38-3)31(41-6)28(19-23)39-4/h7-10,15-19H,11-14,20H2,1-6H3. The summed E-state index contributed by atoms with van der Waals surface area (Å²) in [6.45, 7) is 3.58. The van der Waals surface area contributed by atoms with Crippen molar-refractivity contribution in [2.24, 2.45) is 0 Å². The molecule has 41 heavy (non-hydrogen) atoms. The van der Waals surface area contributed by atoms with Gasteiger partial charge in [0.15, 0.2) is 23.0 Å². The predicted octanol–water partition coefficient (Wildman–Crippen LogP) is 4.16. The molecule has 4 rings (SSSR count). The van der Waals surface area contributed by atoms with Crippen molar-refractivity contribution in [1.82, 2.24) is 14.8 Å². The maximum atomic E-state index is 12.9. The molecule has 10 heteroatoms. The van der Waals surface area contributed by atoms with Crippen molar-refractivity contribution in [3.05, 3.63) is 59.8 Å². The van der Waals surface area contributed by atoms with E-state index in [-0.39, 0.29) is 5.91 Å². The number of piperazine rings is 1. The summed E-state index contributed by atoms with van der Waals surface area (Å²) in [6, 6.07) is 11.5. The van der Waals surface area contributed by atoms with E-state index in [1.54, 1.807) is 54.8 Å². The molecule has 10 nitrogen and oxygen atoms in total. The number of hydrogen-bond acceptors (Lipinski definition) is 9. The van der Waals surface area contributed by atoms with Crippen molar-refractivity contribution in [3.8, 4) is 45.8 Å². The van der Waals surface area contributed by atoms with E-state index >= 15 is 0 Å². The van der Waals surface area contributed by atoms with Crippen molar-refractivity contribution >= 4 is 12.0 Å². The zero-order valence-corrected chi connectivity index (χ0v) is 24.4. The smallest absolute Gasteiger partial charge is 0.246 e. The molecule has 1 saturated heterocycles. The van der Waals surface area contributed by atoms with Gasteiger partial charge in [-0.1, -0.05) is 0 Å². The highest BCUT2D eigenvalue weighted by Gasteiger charge is 2.21. The Morgan fingerprint density at radius 1 is 0.756 bits per heavy atom. The van der Waals surface area contributed by atoms with Crippen molar-refractivity contribution in [3.63, 3.8) is 0 Å². The fourth-order valence-electron chi connectivity index (χ4n) is 4.81. The third-order valence-corrected chi connectivity index (χ3v) is 6.98. The average molecular weight is 564 g/mol. The van der Waals surface area contributed by atoms with Crippen LogP contribution >= 0.6 is 0 Å². The second-order valence-corrected chi connectivity index (χ2v) is 9.36. The number of rotatable bonds is 11. The van der Waals surface area contributed by atoms with Gasteiger partial charge in [-0.15, -0.1) is 0 Å². The van der Waals surface area contributed by atoms with Crippen LogP contribution in [0.2, 0.25) is 0 Å². The molecule has 2 aromatic carbocycles. The molecule has 218 valence electrons. The number of ether oxygens (including phenoxy) is 6. The van der Waals surface area contributed by atoms with Gasteiger partial charge in [-0.05, 0) is 53.6 Å². The van der Waals surface area contributed by atoms with Crippen molar-refractivity contribution in [2.75, 3.05) is 68.8 Å². The molecule has 1 amide bonds. The molecular weight excluding hydrogens is 526 g/mol. The van der Waals surface area contributed by atoms with Gasteiger partial charge in [0.05, 0.1) is 48.4 Å². The van der Waals surface area contributed by atoms with Crippen LogP contribution < -0.4 is 28.4 Å². The molecule has 0 spiro atoms. The molecule has 1 aliphatic heterocycles. The topological polar surface area (TPSA) is 91.8 Å². The molecule has 0 aliphatic carbocycles. The number of methoxy groups -OCH3 is 6. The normalized spacial score (nSPS) is 13.7. The first-order valence-electron chi connectivity index (χ1n) is 13.2. The minimum absolute atomic E-state index is 0.0352. The first-order chi connectivity index (χ1) is 19.9. The zero-order valence-electron chi connectivity index (χ0n) is 24.4. The van der Waals surface area contributed by atoms with E-state index in [0.717, 1.165) is 42.0 Å². The third kappa shape index (κ3) is 6.83. The zero-order chi connectivity index (χ0) is 29.4. The summed E-state index contributed by atoms with van der Waals surface area (Å²) in [5.41, 5.74) is 3.60. The van der Waals surface area contributed by atoms with Gasteiger partial charge in [0.2, 0.25) is 17.4 Å². The second-order valence-electron chi connectivity index (χ2n) is 9.36. The van der Waals surface area contributed by atoms with Gasteiger partial charge in [-0.2, -0.15) is 0 Å². The van der Waals surface area contributed by atoms with E-state index in [1.807, 2.05) is 41.4 Å². The predicted molar refractivity (Wildman–Crippen MR) is 156 cm³/mol. The van der Waals surface area contributed by atoms with Gasteiger partial charge in [0.1, 0.15) is 0 Å². The molecule has 1 aromatic heterocycles. The Morgan fingerprint density at radius 2 is 1.29 bits per heavy atom. The number of nitrogens with zero attached hydrogens (tertiary/aromatic N) is 3. The largest absolute Gasteiger partial charge is 0.493 e. The second kappa shape index (κ2) is 13.8. The van der Waals surface area contributed by atoms with Gasteiger partial charge < -0.3 is 33.3 Å². The molecule has 0 N–H and O–H groups in total. The number of carbonyl (C=O) groups excluding carboxylic acids is 1. The fraction of sp³-hybridized carbons (Fsp3) is 0.355. The Kier molecular flexibility index (Phi) is 9.91. The summed E-state index contributed by atoms with van der Waals surface area (Å²) < 4.78 is 32.6. The third-order valence-electron chi connectivity index (χ3n) is 6.98. The molecule has 0 unspecified atom stereocenters. The Bertz CT molecular complexity index is 1330. The highest BCUT2D eigenvalue weighted by Crippen LogP contribution is 2.41. The maximum Gasteiger partial charge on any atom is 0.246 e. The first kappa shape index (κ1) is 29.5. The van der Waals surface area contributed by atoms with Crippen LogP contribution in [0.15, 0.2) is 48.7 Å². The van der Waals surface area contributed by atoms with Crippen LogP contribution in [0.4, 0.5) is 0 Å². The van der Waals surface area contributed by atoms with Crippen LogP contribution in [0.5, 0.6) is 34.5 Å². The molecule has 0 atom stereocenters. The van der Waals surface area contributed by atoms with Crippen molar-refractivity contribution in [2.45, 2.75) is 6.54 Å². The summed E-state index contributed by atoms with van der Waals surface area (Å²) in [5.74, 6) is 3.25. The van der Waals surface area contributed by atoms with Crippen LogP contribution in [0.1, 0.15) is 11.1 Å². The molecular formula is C31H37N3O7. The molecule has 0 bridgehead atoms. The van der Waals surface area contributed by atoms with Crippen LogP contribution in [0.3, 0.4) is 0 Å². The van der Waals surface area contributed by atoms with Gasteiger partial charge in [-0.3, -0.25) is 14.7 Å². The van der Waals surface area contributed by atoms with Crippen molar-refractivity contribution < 1.29 is 33.2 Å². The summed E-state index contributed by atoms with van der Waals surface area (Å²) in [5, 5.41) is 0. The molecule has 1 aliphatic rings. The van der Waals surface area contributed by atoms with E-state index < -0.39 is 0 Å². The molecule has 1 fully saturated rings. The number of aromatic nitrogens is 1. The van der Waals surface area contributed by atoms with Gasteiger partial charge in [0, 0.05) is 50.6 Å². The van der Waals surface area contributed by atoms with E-state index in [9.17, 15) is 4.79 Å². The minimum atomic E-state index is -0.0352. The quantitative estimate of drug-likeness (QED) is 0.319. The van der Waals surface area contributed by atoms with Gasteiger partial charge >= 0.3 is 0 Å². The van der Waals surface area contributed by atoms with Crippen LogP contribution in [-0.2, 0) is 11.3 Å². The SMILES string of the molecule is COc1cc(C=CC(=O)N2CCN(Cc3ccnc(-c4cc(OC)c(OC)c(OC)c4)c3)CC2)cc(OC)c1OC. The highest BCUT2D eigenvalue weighted by atomic mass is 16.5. The molecule has 0 radical (unpaired) electrons. The van der Waals surface area contributed by atoms with E-state index in [4.69, 9.17) is 28.4 Å². The molecule has 2 heterocycles. The first-order valence-corrected chi connectivity index (χ1v) is 13.2. The summed E-state index contributed by atoms with van der Waals surface area (Å²) >= 11 is 0. The van der Waals surface area contributed by atoms with Crippen LogP contribution in [0, 0.1) is 0 Å². The molecule has 0 saturated carbocycles. The highest BCUT2D eigenvalue weighted by molar-refractivity contribution is 5.92. The summed E-state index contributed by atoms with van der Waals surface area (Å²) in [6.07, 6.45) is 5.16. The van der Waals surface area contributed by atoms with E-state index in [1.165, 1.54) is 0 Å². The minimum Gasteiger partial charge on any atom is -0.493 e. The Morgan fingerprint density at radius 3 is 1.80 bits per heavy atom. The number of carbonyl (C=O) groups is 1. The van der Waals surface area contributed by atoms with Gasteiger partial charge in [-0.25, -0.2) is 0 Å². The number of benzene rings is 2. The van der Waals surface area contributed by atoms with E-state index in [2.05, 4.69) is 16.0 Å². The fourth-order valence-corrected chi connectivity index (χ4v) is 4.81.